The van der Waals surface area contributed by atoms with Gasteiger partial charge in [-0.15, -0.1) is 10.2 Å². The molecule has 1 N–H and O–H groups in total. The van der Waals surface area contributed by atoms with Gasteiger partial charge in [0.1, 0.15) is 5.82 Å². The van der Waals surface area contributed by atoms with Gasteiger partial charge in [0.2, 0.25) is 0 Å². The molecule has 2 rings (SSSR count). The fraction of sp³-hybridized carbons (Fsp3) is 0.600. The van der Waals surface area contributed by atoms with Gasteiger partial charge >= 0.3 is 6.09 Å². The van der Waals surface area contributed by atoms with Crippen LogP contribution in [-0.2, 0) is 4.74 Å². The quantitative estimate of drug-likeness (QED) is 0.897. The third-order valence-corrected chi connectivity index (χ3v) is 3.41. The van der Waals surface area contributed by atoms with Crippen molar-refractivity contribution in [2.45, 2.75) is 26.8 Å². The summed E-state index contributed by atoms with van der Waals surface area (Å²) in [6.45, 7) is 7.98. The molecule has 1 aromatic rings. The van der Waals surface area contributed by atoms with Gasteiger partial charge in [0.25, 0.3) is 5.91 Å². The maximum atomic E-state index is 12.4. The number of hydrogen-bond acceptors (Lipinski definition) is 6. The van der Waals surface area contributed by atoms with Crippen LogP contribution in [0.4, 0.5) is 10.6 Å². The second-order valence-electron chi connectivity index (χ2n) is 5.58. The summed E-state index contributed by atoms with van der Waals surface area (Å²) in [6.07, 6.45) is -0.330. The first-order valence-electron chi connectivity index (χ1n) is 7.82. The highest BCUT2D eigenvalue weighted by molar-refractivity contribution is 5.92. The minimum absolute atomic E-state index is 0.169. The second-order valence-corrected chi connectivity index (χ2v) is 5.58. The van der Waals surface area contributed by atoms with E-state index in [1.54, 1.807) is 28.9 Å². The van der Waals surface area contributed by atoms with Crippen molar-refractivity contribution >= 4 is 17.8 Å². The molecule has 8 heteroatoms. The number of aromatic nitrogens is 2. The highest BCUT2D eigenvalue weighted by Crippen LogP contribution is 2.10. The number of hydrogen-bond donors (Lipinski definition) is 1. The van der Waals surface area contributed by atoms with Crippen molar-refractivity contribution in [1.29, 1.82) is 0 Å². The second kappa shape index (κ2) is 7.75. The summed E-state index contributed by atoms with van der Waals surface area (Å²) >= 11 is 0. The lowest BCUT2D eigenvalue weighted by atomic mass is 10.2. The van der Waals surface area contributed by atoms with Crippen molar-refractivity contribution in [2.24, 2.45) is 0 Å². The molecule has 23 heavy (non-hydrogen) atoms. The van der Waals surface area contributed by atoms with Gasteiger partial charge in [-0.3, -0.25) is 4.79 Å². The largest absolute Gasteiger partial charge is 0.450 e. The molecule has 0 radical (unpaired) electrons. The standard InChI is InChI=1S/C15H23N5O3/c1-4-23-15(22)20-9-7-19(8-10-20)14(21)12-5-6-13(18-17-12)16-11(2)3/h5-6,11H,4,7-10H2,1-3H3,(H,16,18). The Balaban J connectivity index is 1.90. The molecule has 1 aliphatic heterocycles. The molecule has 8 nitrogen and oxygen atoms in total. The molecule has 0 aromatic carbocycles. The average Bonchev–Trinajstić information content (AvgIpc) is 2.55. The fourth-order valence-electron chi connectivity index (χ4n) is 2.29. The summed E-state index contributed by atoms with van der Waals surface area (Å²) in [5, 5.41) is 11.1. The predicted molar refractivity (Wildman–Crippen MR) is 85.3 cm³/mol. The van der Waals surface area contributed by atoms with Gasteiger partial charge in [0, 0.05) is 32.2 Å². The van der Waals surface area contributed by atoms with E-state index in [-0.39, 0.29) is 18.0 Å². The summed E-state index contributed by atoms with van der Waals surface area (Å²) < 4.78 is 4.96. The first-order valence-corrected chi connectivity index (χ1v) is 7.82. The minimum Gasteiger partial charge on any atom is -0.450 e. The molecule has 0 unspecified atom stereocenters. The number of amides is 2. The number of carbonyl (C=O) groups excluding carboxylic acids is 2. The van der Waals surface area contributed by atoms with E-state index in [0.29, 0.717) is 44.3 Å². The lowest BCUT2D eigenvalue weighted by Crippen LogP contribution is -2.50. The summed E-state index contributed by atoms with van der Waals surface area (Å²) in [4.78, 5) is 27.3. The molecule has 1 saturated heterocycles. The van der Waals surface area contributed by atoms with Crippen LogP contribution in [0.2, 0.25) is 0 Å². The Bertz CT molecular complexity index is 539. The summed E-state index contributed by atoms with van der Waals surface area (Å²) in [5.41, 5.74) is 0.309. The lowest BCUT2D eigenvalue weighted by molar-refractivity contribution is 0.0565. The molecule has 2 amide bonds. The predicted octanol–water partition coefficient (Wildman–Crippen LogP) is 1.21. The Morgan fingerprint density at radius 1 is 1.17 bits per heavy atom. The molecule has 1 aromatic heterocycles. The first kappa shape index (κ1) is 17.0. The van der Waals surface area contributed by atoms with Crippen molar-refractivity contribution in [3.8, 4) is 0 Å². The number of carbonyl (C=O) groups is 2. The number of piperazine rings is 1. The van der Waals surface area contributed by atoms with E-state index < -0.39 is 0 Å². The highest BCUT2D eigenvalue weighted by Gasteiger charge is 2.26. The van der Waals surface area contributed by atoms with Crippen molar-refractivity contribution in [2.75, 3.05) is 38.1 Å². The number of nitrogens with one attached hydrogen (secondary N) is 1. The molecule has 2 heterocycles. The van der Waals surface area contributed by atoms with Crippen LogP contribution in [0, 0.1) is 0 Å². The van der Waals surface area contributed by atoms with Crippen LogP contribution in [0.5, 0.6) is 0 Å². The maximum Gasteiger partial charge on any atom is 0.409 e. The molecule has 0 aliphatic carbocycles. The van der Waals surface area contributed by atoms with E-state index in [1.165, 1.54) is 0 Å². The average molecular weight is 321 g/mol. The molecule has 1 fully saturated rings. The third kappa shape index (κ3) is 4.54. The molecular weight excluding hydrogens is 298 g/mol. The van der Waals surface area contributed by atoms with Gasteiger partial charge in [0.05, 0.1) is 6.61 Å². The molecule has 0 spiro atoms. The Morgan fingerprint density at radius 3 is 2.35 bits per heavy atom. The fourth-order valence-corrected chi connectivity index (χ4v) is 2.29. The van der Waals surface area contributed by atoms with Gasteiger partial charge in [-0.2, -0.15) is 0 Å². The SMILES string of the molecule is CCOC(=O)N1CCN(C(=O)c2ccc(NC(C)C)nn2)CC1. The van der Waals surface area contributed by atoms with E-state index in [4.69, 9.17) is 4.74 Å². The van der Waals surface area contributed by atoms with Crippen LogP contribution < -0.4 is 5.32 Å². The normalized spacial score (nSPS) is 14.8. The maximum absolute atomic E-state index is 12.4. The van der Waals surface area contributed by atoms with Crippen LogP contribution in [0.3, 0.4) is 0 Å². The molecule has 0 saturated carbocycles. The van der Waals surface area contributed by atoms with Gasteiger partial charge in [-0.05, 0) is 32.9 Å². The topological polar surface area (TPSA) is 87.7 Å². The summed E-state index contributed by atoms with van der Waals surface area (Å²) in [6, 6.07) is 3.66. The number of nitrogens with zero attached hydrogens (tertiary/aromatic N) is 4. The van der Waals surface area contributed by atoms with E-state index in [2.05, 4.69) is 15.5 Å². The van der Waals surface area contributed by atoms with E-state index in [9.17, 15) is 9.59 Å². The molecule has 126 valence electrons. The zero-order valence-electron chi connectivity index (χ0n) is 13.8. The van der Waals surface area contributed by atoms with E-state index in [1.807, 2.05) is 13.8 Å². The lowest BCUT2D eigenvalue weighted by Gasteiger charge is -2.33. The van der Waals surface area contributed by atoms with Crippen molar-refractivity contribution in [3.05, 3.63) is 17.8 Å². The minimum atomic E-state index is -0.330. The molecular formula is C15H23N5O3. The highest BCUT2D eigenvalue weighted by atomic mass is 16.6. The summed E-state index contributed by atoms with van der Waals surface area (Å²) in [5.74, 6) is 0.473. The Kier molecular flexibility index (Phi) is 5.72. The number of rotatable bonds is 4. The zero-order chi connectivity index (χ0) is 16.8. The number of anilines is 1. The number of ether oxygens (including phenoxy) is 1. The monoisotopic (exact) mass is 321 g/mol. The van der Waals surface area contributed by atoms with Crippen molar-refractivity contribution in [1.82, 2.24) is 20.0 Å². The first-order chi connectivity index (χ1) is 11.0. The van der Waals surface area contributed by atoms with Crippen molar-refractivity contribution in [3.63, 3.8) is 0 Å². The third-order valence-electron chi connectivity index (χ3n) is 3.41. The van der Waals surface area contributed by atoms with Crippen LogP contribution in [0.1, 0.15) is 31.3 Å². The van der Waals surface area contributed by atoms with E-state index in [0.717, 1.165) is 0 Å². The van der Waals surface area contributed by atoms with Crippen LogP contribution >= 0.6 is 0 Å². The van der Waals surface area contributed by atoms with Crippen LogP contribution in [0.25, 0.3) is 0 Å². The van der Waals surface area contributed by atoms with Gasteiger partial charge in [0.15, 0.2) is 5.69 Å². The Labute approximate surface area is 135 Å². The zero-order valence-corrected chi connectivity index (χ0v) is 13.8. The smallest absolute Gasteiger partial charge is 0.409 e. The van der Waals surface area contributed by atoms with Gasteiger partial charge in [-0.1, -0.05) is 0 Å². The molecule has 0 bridgehead atoms. The summed E-state index contributed by atoms with van der Waals surface area (Å²) in [7, 11) is 0. The molecule has 1 aliphatic rings. The van der Waals surface area contributed by atoms with Gasteiger partial charge in [-0.25, -0.2) is 4.79 Å². The van der Waals surface area contributed by atoms with Crippen molar-refractivity contribution < 1.29 is 14.3 Å². The van der Waals surface area contributed by atoms with Crippen LogP contribution in [0.15, 0.2) is 12.1 Å². The Morgan fingerprint density at radius 2 is 1.83 bits per heavy atom. The van der Waals surface area contributed by atoms with Gasteiger partial charge < -0.3 is 19.9 Å². The van der Waals surface area contributed by atoms with E-state index >= 15 is 0 Å². The molecule has 0 atom stereocenters. The Hall–Kier alpha value is -2.38. The van der Waals surface area contributed by atoms with Crippen LogP contribution in [-0.4, -0.2) is 70.8 Å².